The van der Waals surface area contributed by atoms with Crippen LogP contribution in [0.3, 0.4) is 0 Å². The van der Waals surface area contributed by atoms with E-state index in [-0.39, 0.29) is 30.3 Å². The fraction of sp³-hybridized carbons (Fsp3) is 0.333. The maximum atomic E-state index is 14.9. The molecule has 2 aromatic carbocycles. The van der Waals surface area contributed by atoms with Crippen molar-refractivity contribution in [3.63, 3.8) is 0 Å². The molecule has 0 fully saturated rings. The summed E-state index contributed by atoms with van der Waals surface area (Å²) in [6.45, 7) is 4.41. The Morgan fingerprint density at radius 2 is 1.83 bits per heavy atom. The lowest BCUT2D eigenvalue weighted by atomic mass is 10.1. The summed E-state index contributed by atoms with van der Waals surface area (Å²) >= 11 is 0. The summed E-state index contributed by atoms with van der Waals surface area (Å²) in [5.74, 6) is -0.804. The zero-order valence-corrected chi connectivity index (χ0v) is 16.8. The van der Waals surface area contributed by atoms with Crippen LogP contribution in [0.2, 0.25) is 0 Å². The molecule has 2 aromatic rings. The summed E-state index contributed by atoms with van der Waals surface area (Å²) in [6.07, 6.45) is -1.17. The first-order valence-electron chi connectivity index (χ1n) is 9.24. The van der Waals surface area contributed by atoms with E-state index in [0.717, 1.165) is 5.56 Å². The molecule has 156 valence electrons. The molecule has 0 heterocycles. The molecule has 0 unspecified atom stereocenters. The van der Waals surface area contributed by atoms with Gasteiger partial charge in [0.25, 0.3) is 5.91 Å². The van der Waals surface area contributed by atoms with E-state index in [2.05, 4.69) is 5.32 Å². The Balaban J connectivity index is 2.20. The number of rotatable bonds is 10. The number of nitrogens with one attached hydrogen (secondary N) is 2. The predicted octanol–water partition coefficient (Wildman–Crippen LogP) is 2.91. The van der Waals surface area contributed by atoms with Gasteiger partial charge >= 0.3 is 0 Å². The van der Waals surface area contributed by atoms with E-state index >= 15 is 0 Å². The predicted molar refractivity (Wildman–Crippen MR) is 108 cm³/mol. The highest BCUT2D eigenvalue weighted by Gasteiger charge is 2.26. The number of hydrogen-bond donors (Lipinski definition) is 3. The van der Waals surface area contributed by atoms with E-state index in [1.54, 1.807) is 38.1 Å². The second-order valence-electron chi connectivity index (χ2n) is 6.13. The molecule has 7 nitrogen and oxygen atoms in total. The number of methoxy groups -OCH3 is 1. The molecule has 1 atom stereocenters. The standard InChI is InChI=1S/C21H26FN3O4/c1-4-28-15-10-16(18(22)17(11-15)29-5-2)19(27-3)21(26)25-12-13-6-8-14(9-7-13)20(23)24/h6-11,19H,4-5,12H2,1-3H3,(H3,23,24)(H,25,26)/t19-/m0/s1. The van der Waals surface area contributed by atoms with Crippen LogP contribution in [0.25, 0.3) is 0 Å². The molecule has 0 saturated heterocycles. The zero-order valence-electron chi connectivity index (χ0n) is 16.8. The van der Waals surface area contributed by atoms with Gasteiger partial charge in [0.1, 0.15) is 11.6 Å². The van der Waals surface area contributed by atoms with Crippen molar-refractivity contribution in [2.45, 2.75) is 26.5 Å². The Labute approximate surface area is 169 Å². The van der Waals surface area contributed by atoms with Crippen LogP contribution in [0, 0.1) is 11.2 Å². The van der Waals surface area contributed by atoms with Crippen LogP contribution in [-0.4, -0.2) is 32.1 Å². The minimum Gasteiger partial charge on any atom is -0.494 e. The molecule has 0 aliphatic carbocycles. The molecule has 0 aromatic heterocycles. The van der Waals surface area contributed by atoms with E-state index in [0.29, 0.717) is 17.9 Å². The number of nitrogens with two attached hydrogens (primary N) is 1. The first-order valence-corrected chi connectivity index (χ1v) is 9.24. The topological polar surface area (TPSA) is 107 Å². The van der Waals surface area contributed by atoms with Gasteiger partial charge in [0, 0.05) is 30.8 Å². The molecular formula is C21H26FN3O4. The van der Waals surface area contributed by atoms with Crippen molar-refractivity contribution in [2.24, 2.45) is 5.73 Å². The number of carbonyl (C=O) groups excluding carboxylic acids is 1. The Kier molecular flexibility index (Phi) is 7.97. The third kappa shape index (κ3) is 5.68. The highest BCUT2D eigenvalue weighted by atomic mass is 19.1. The Bertz CT molecular complexity index is 856. The maximum absolute atomic E-state index is 14.9. The molecule has 2 rings (SSSR count). The average Bonchev–Trinajstić information content (AvgIpc) is 2.70. The number of benzene rings is 2. The average molecular weight is 403 g/mol. The lowest BCUT2D eigenvalue weighted by molar-refractivity contribution is -0.131. The van der Waals surface area contributed by atoms with Crippen molar-refractivity contribution in [3.05, 3.63) is 58.9 Å². The minimum atomic E-state index is -1.17. The molecule has 8 heteroatoms. The summed E-state index contributed by atoms with van der Waals surface area (Å²) < 4.78 is 31.0. The largest absolute Gasteiger partial charge is 0.494 e. The Morgan fingerprint density at radius 1 is 1.17 bits per heavy atom. The van der Waals surface area contributed by atoms with Crippen molar-refractivity contribution in [3.8, 4) is 11.5 Å². The van der Waals surface area contributed by atoms with Crippen LogP contribution in [0.1, 0.15) is 36.6 Å². The van der Waals surface area contributed by atoms with E-state index in [1.807, 2.05) is 0 Å². The minimum absolute atomic E-state index is 0.00289. The summed E-state index contributed by atoms with van der Waals surface area (Å²) in [6, 6.07) is 9.78. The monoisotopic (exact) mass is 403 g/mol. The van der Waals surface area contributed by atoms with Crippen LogP contribution in [-0.2, 0) is 16.1 Å². The number of nitrogen functional groups attached to an aromatic ring is 1. The number of amidine groups is 1. The summed E-state index contributed by atoms with van der Waals surface area (Å²) in [5, 5.41) is 10.1. The highest BCUT2D eigenvalue weighted by molar-refractivity contribution is 5.94. The van der Waals surface area contributed by atoms with Gasteiger partial charge in [-0.2, -0.15) is 0 Å². The van der Waals surface area contributed by atoms with Crippen molar-refractivity contribution in [1.29, 1.82) is 5.41 Å². The van der Waals surface area contributed by atoms with E-state index < -0.39 is 17.8 Å². The molecule has 1 amide bonds. The van der Waals surface area contributed by atoms with Gasteiger partial charge in [-0.3, -0.25) is 10.2 Å². The lowest BCUT2D eigenvalue weighted by Crippen LogP contribution is -2.30. The number of carbonyl (C=O) groups is 1. The molecule has 0 aliphatic heterocycles. The second kappa shape index (κ2) is 10.4. The third-order valence-electron chi connectivity index (χ3n) is 4.14. The number of hydrogen-bond acceptors (Lipinski definition) is 5. The molecule has 29 heavy (non-hydrogen) atoms. The van der Waals surface area contributed by atoms with Gasteiger partial charge in [0.2, 0.25) is 0 Å². The molecule has 0 radical (unpaired) electrons. The SMILES string of the molecule is CCOc1cc(OCC)c(F)c([C@H](OC)C(=O)NCc2ccc(C(=N)N)cc2)c1. The zero-order chi connectivity index (χ0) is 21.4. The summed E-state index contributed by atoms with van der Waals surface area (Å²) in [5.41, 5.74) is 6.86. The van der Waals surface area contributed by atoms with Gasteiger partial charge in [0.15, 0.2) is 17.7 Å². The van der Waals surface area contributed by atoms with Crippen LogP contribution < -0.4 is 20.5 Å². The Hall–Kier alpha value is -3.13. The quantitative estimate of drug-likeness (QED) is 0.418. The maximum Gasteiger partial charge on any atom is 0.254 e. The molecule has 0 aliphatic rings. The van der Waals surface area contributed by atoms with Gasteiger partial charge in [-0.05, 0) is 25.5 Å². The second-order valence-corrected chi connectivity index (χ2v) is 6.13. The number of amides is 1. The molecular weight excluding hydrogens is 377 g/mol. The van der Waals surface area contributed by atoms with Crippen LogP contribution in [0.4, 0.5) is 4.39 Å². The highest BCUT2D eigenvalue weighted by Crippen LogP contribution is 2.32. The third-order valence-corrected chi connectivity index (χ3v) is 4.14. The molecule has 0 saturated carbocycles. The number of ether oxygens (including phenoxy) is 3. The normalized spacial score (nSPS) is 11.6. The van der Waals surface area contributed by atoms with E-state index in [4.69, 9.17) is 25.4 Å². The van der Waals surface area contributed by atoms with Gasteiger partial charge in [-0.1, -0.05) is 24.3 Å². The van der Waals surface area contributed by atoms with E-state index in [9.17, 15) is 9.18 Å². The van der Waals surface area contributed by atoms with E-state index in [1.165, 1.54) is 19.2 Å². The fourth-order valence-corrected chi connectivity index (χ4v) is 2.75. The van der Waals surface area contributed by atoms with Crippen LogP contribution >= 0.6 is 0 Å². The lowest BCUT2D eigenvalue weighted by Gasteiger charge is -2.19. The first kappa shape index (κ1) is 22.2. The first-order chi connectivity index (χ1) is 13.9. The van der Waals surface area contributed by atoms with Gasteiger partial charge < -0.3 is 25.3 Å². The van der Waals surface area contributed by atoms with Gasteiger partial charge in [-0.25, -0.2) is 4.39 Å². The smallest absolute Gasteiger partial charge is 0.254 e. The Morgan fingerprint density at radius 3 is 2.38 bits per heavy atom. The molecule has 0 spiro atoms. The number of halogens is 1. The fourth-order valence-electron chi connectivity index (χ4n) is 2.75. The summed E-state index contributed by atoms with van der Waals surface area (Å²) in [7, 11) is 1.33. The molecule has 0 bridgehead atoms. The summed E-state index contributed by atoms with van der Waals surface area (Å²) in [4.78, 5) is 12.7. The van der Waals surface area contributed by atoms with Crippen molar-refractivity contribution >= 4 is 11.7 Å². The van der Waals surface area contributed by atoms with Crippen molar-refractivity contribution < 1.29 is 23.4 Å². The van der Waals surface area contributed by atoms with Gasteiger partial charge in [-0.15, -0.1) is 0 Å². The molecule has 4 N–H and O–H groups in total. The van der Waals surface area contributed by atoms with Crippen LogP contribution in [0.5, 0.6) is 11.5 Å². The van der Waals surface area contributed by atoms with Gasteiger partial charge in [0.05, 0.1) is 13.2 Å². The van der Waals surface area contributed by atoms with Crippen molar-refractivity contribution in [1.82, 2.24) is 5.32 Å². The van der Waals surface area contributed by atoms with Crippen molar-refractivity contribution in [2.75, 3.05) is 20.3 Å². The van der Waals surface area contributed by atoms with Crippen LogP contribution in [0.15, 0.2) is 36.4 Å².